The predicted octanol–water partition coefficient (Wildman–Crippen LogP) is 18.8. The third-order valence-electron chi connectivity index (χ3n) is 16.9. The summed E-state index contributed by atoms with van der Waals surface area (Å²) in [5, 5.41) is 5.26. The van der Waals surface area contributed by atoms with Crippen molar-refractivity contribution >= 4 is 71.4 Å². The quantitative estimate of drug-likeness (QED) is 0.127. The van der Waals surface area contributed by atoms with Gasteiger partial charge in [-0.15, -0.1) is 0 Å². The molecule has 78 heavy (non-hydrogen) atoms. The first-order valence-corrected chi connectivity index (χ1v) is 35.2. The Bertz CT molecular complexity index is 3620. The van der Waals surface area contributed by atoms with Crippen LogP contribution in [0.5, 0.6) is 5.75 Å². The highest BCUT2D eigenvalue weighted by Gasteiger charge is 2.52. The monoisotopic (exact) mass is 1050 g/mol. The summed E-state index contributed by atoms with van der Waals surface area (Å²) in [5.74, 6) is 0.958. The van der Waals surface area contributed by atoms with Gasteiger partial charge >= 0.3 is 0 Å². The number of fused-ring (bicyclic) bond motifs is 9. The van der Waals surface area contributed by atoms with Crippen LogP contribution in [0.4, 0.5) is 34.1 Å². The molecular weight excluding hydrogens is 977 g/mol. The minimum Gasteiger partial charge on any atom is -0.484 e. The van der Waals surface area contributed by atoms with Gasteiger partial charge in [-0.05, 0) is 122 Å². The first kappa shape index (κ1) is 51.3. The van der Waals surface area contributed by atoms with Crippen LogP contribution in [0.3, 0.4) is 0 Å². The van der Waals surface area contributed by atoms with Gasteiger partial charge in [0.2, 0.25) is 0 Å². The van der Waals surface area contributed by atoms with Crippen LogP contribution in [-0.4, -0.2) is 22.3 Å². The zero-order chi connectivity index (χ0) is 54.5. The van der Waals surface area contributed by atoms with Gasteiger partial charge in [0, 0.05) is 45.2 Å². The number of allylic oxidation sites excluding steroid dienone is 2. The summed E-state index contributed by atoms with van der Waals surface area (Å²) in [4.78, 5) is 5.06. The maximum absolute atomic E-state index is 7.64. The van der Waals surface area contributed by atoms with E-state index in [1.165, 1.54) is 71.2 Å². The Morgan fingerprint density at radius 1 is 0.423 bits per heavy atom. The Morgan fingerprint density at radius 2 is 0.821 bits per heavy atom. The third kappa shape index (κ3) is 8.62. The summed E-state index contributed by atoms with van der Waals surface area (Å²) < 4.78 is 7.64. The number of benzene rings is 9. The van der Waals surface area contributed by atoms with Crippen LogP contribution in [0.25, 0.3) is 21.9 Å². The van der Waals surface area contributed by atoms with Crippen molar-refractivity contribution < 1.29 is 4.74 Å². The summed E-state index contributed by atoms with van der Waals surface area (Å²) in [6.07, 6.45) is 8.85. The summed E-state index contributed by atoms with van der Waals surface area (Å²) in [5.41, 5.74) is 17.1. The van der Waals surface area contributed by atoms with Gasteiger partial charge in [0.1, 0.15) is 11.9 Å². The van der Waals surface area contributed by atoms with E-state index in [-0.39, 0.29) is 22.9 Å². The van der Waals surface area contributed by atoms with Crippen molar-refractivity contribution in [1.29, 1.82) is 0 Å². The smallest absolute Gasteiger partial charge is 0.134 e. The Balaban J connectivity index is 1.22. The highest BCUT2D eigenvalue weighted by Crippen LogP contribution is 2.66. The van der Waals surface area contributed by atoms with E-state index in [1.807, 2.05) is 0 Å². The minimum atomic E-state index is -1.62. The zero-order valence-electron chi connectivity index (χ0n) is 47.7. The molecule has 2 aliphatic carbocycles. The fraction of sp³-hybridized carbons (Fsp3) is 0.233. The molecule has 2 atom stereocenters. The number of ether oxygens (including phenoxy) is 1. The zero-order valence-corrected chi connectivity index (χ0v) is 49.7. The molecule has 0 fully saturated rings. The maximum Gasteiger partial charge on any atom is 0.134 e. The van der Waals surface area contributed by atoms with Crippen molar-refractivity contribution in [2.24, 2.45) is 0 Å². The SMILES string of the molecule is CC(C)(C)c1ccc(N(c2ccc([Si](C)(C)C)cc2)c2cc3c(c4c2C2C=CC=CC2O4)-c2c(cc(N(c4ccc(C(C)(C)C)cc4)c4ccc([Si](C)(C)C)cc4)c4ccccc24)C3(c2ccccc2)c2ccccc2)cc1. The molecule has 0 amide bonds. The molecule has 0 N–H and O–H groups in total. The lowest BCUT2D eigenvalue weighted by Crippen LogP contribution is -2.37. The molecule has 1 heterocycles. The lowest BCUT2D eigenvalue weighted by Gasteiger charge is -2.36. The highest BCUT2D eigenvalue weighted by molar-refractivity contribution is 6.89. The minimum absolute atomic E-state index is 0.00128. The molecule has 0 aromatic heterocycles. The van der Waals surface area contributed by atoms with E-state index in [0.29, 0.717) is 0 Å². The van der Waals surface area contributed by atoms with Crippen molar-refractivity contribution in [3.8, 4) is 16.9 Å². The van der Waals surface area contributed by atoms with Crippen LogP contribution >= 0.6 is 0 Å². The first-order valence-electron chi connectivity index (χ1n) is 28.2. The fourth-order valence-electron chi connectivity index (χ4n) is 12.6. The molecule has 0 radical (unpaired) electrons. The molecule has 12 rings (SSSR count). The number of anilines is 6. The number of hydrogen-bond acceptors (Lipinski definition) is 3. The molecule has 0 saturated carbocycles. The summed E-state index contributed by atoms with van der Waals surface area (Å²) in [6.45, 7) is 28.4. The standard InChI is InChI=1S/C73H74N2OSi2/c1-71(2,3)49-31-35-53(36-32-49)74(55-39-43-57(44-40-55)77(7,8)9)64-47-62-67(60-28-20-19-27-59(60)64)69-63(73(62,51-23-15-13-16-24-51)52-25-17-14-18-26-52)48-65(68-61-29-21-22-30-66(61)76-70(68)69)75(54-37-33-50(34-38-54)72(4,5)6)56-41-45-58(46-42-56)78(10,11)12/h13-48,61,66H,1-12H3. The number of rotatable bonds is 10. The van der Waals surface area contributed by atoms with Gasteiger partial charge in [0.25, 0.3) is 0 Å². The van der Waals surface area contributed by atoms with Gasteiger partial charge in [-0.25, -0.2) is 0 Å². The van der Waals surface area contributed by atoms with Gasteiger partial charge in [0.05, 0.1) is 32.9 Å². The van der Waals surface area contributed by atoms with Crippen molar-refractivity contribution in [3.05, 3.63) is 257 Å². The lowest BCUT2D eigenvalue weighted by atomic mass is 9.67. The van der Waals surface area contributed by atoms with E-state index in [0.717, 1.165) is 39.9 Å². The lowest BCUT2D eigenvalue weighted by molar-refractivity contribution is 0.270. The van der Waals surface area contributed by atoms with Crippen LogP contribution in [0, 0.1) is 0 Å². The van der Waals surface area contributed by atoms with E-state index in [4.69, 9.17) is 4.74 Å². The molecule has 0 spiro atoms. The molecule has 1 aliphatic heterocycles. The predicted molar refractivity (Wildman–Crippen MR) is 339 cm³/mol. The Morgan fingerprint density at radius 3 is 1.28 bits per heavy atom. The van der Waals surface area contributed by atoms with Crippen LogP contribution in [-0.2, 0) is 16.2 Å². The van der Waals surface area contributed by atoms with E-state index >= 15 is 0 Å². The average Bonchev–Trinajstić information content (AvgIpc) is 4.19. The van der Waals surface area contributed by atoms with E-state index in [9.17, 15) is 0 Å². The molecule has 2 unspecified atom stereocenters. The number of hydrogen-bond donors (Lipinski definition) is 0. The topological polar surface area (TPSA) is 15.7 Å². The van der Waals surface area contributed by atoms with E-state index in [1.54, 1.807) is 0 Å². The molecule has 5 heteroatoms. The molecule has 9 aromatic rings. The Hall–Kier alpha value is -7.45. The van der Waals surface area contributed by atoms with E-state index < -0.39 is 21.6 Å². The van der Waals surface area contributed by atoms with Gasteiger partial charge in [-0.2, -0.15) is 0 Å². The first-order chi connectivity index (χ1) is 37.2. The van der Waals surface area contributed by atoms with Crippen molar-refractivity contribution in [1.82, 2.24) is 0 Å². The van der Waals surface area contributed by atoms with Crippen LogP contribution in [0.2, 0.25) is 39.3 Å². The second-order valence-corrected chi connectivity index (χ2v) is 36.3. The third-order valence-corrected chi connectivity index (χ3v) is 21.0. The summed E-state index contributed by atoms with van der Waals surface area (Å²) in [6, 6.07) is 74.6. The molecule has 3 aliphatic rings. The van der Waals surface area contributed by atoms with E-state index in [2.05, 4.69) is 309 Å². The van der Waals surface area contributed by atoms with Gasteiger partial charge < -0.3 is 14.5 Å². The largest absolute Gasteiger partial charge is 0.484 e. The molecular formula is C73H74N2OSi2. The Labute approximate surface area is 466 Å². The van der Waals surface area contributed by atoms with Gasteiger partial charge in [-0.3, -0.25) is 0 Å². The van der Waals surface area contributed by atoms with Crippen molar-refractivity contribution in [2.75, 3.05) is 9.80 Å². The number of nitrogens with zero attached hydrogens (tertiary/aromatic N) is 2. The van der Waals surface area contributed by atoms with Gasteiger partial charge in [-0.1, -0.05) is 243 Å². The molecule has 390 valence electrons. The van der Waals surface area contributed by atoms with Crippen LogP contribution < -0.4 is 24.9 Å². The molecule has 3 nitrogen and oxygen atoms in total. The van der Waals surface area contributed by atoms with Crippen molar-refractivity contribution in [2.45, 2.75) is 109 Å². The van der Waals surface area contributed by atoms with Crippen molar-refractivity contribution in [3.63, 3.8) is 0 Å². The van der Waals surface area contributed by atoms with Gasteiger partial charge in [0.15, 0.2) is 0 Å². The summed E-state index contributed by atoms with van der Waals surface area (Å²) >= 11 is 0. The second kappa shape index (κ2) is 18.9. The fourth-order valence-corrected chi connectivity index (χ4v) is 15.0. The van der Waals surface area contributed by atoms with Crippen LogP contribution in [0.15, 0.2) is 218 Å². The molecule has 0 bridgehead atoms. The Kier molecular flexibility index (Phi) is 12.4. The summed E-state index contributed by atoms with van der Waals surface area (Å²) in [7, 11) is -3.22. The normalized spacial score (nSPS) is 16.3. The second-order valence-electron chi connectivity index (χ2n) is 26.1. The molecule has 0 saturated heterocycles. The maximum atomic E-state index is 7.64. The highest BCUT2D eigenvalue weighted by atomic mass is 28.3. The molecule has 9 aromatic carbocycles. The van der Waals surface area contributed by atoms with Crippen LogP contribution in [0.1, 0.15) is 86.4 Å². The average molecular weight is 1050 g/mol.